The smallest absolute Gasteiger partial charge is 0.362 e. The van der Waals surface area contributed by atoms with Gasteiger partial charge in [0.15, 0.2) is 0 Å². The van der Waals surface area contributed by atoms with Crippen molar-refractivity contribution >= 4 is 23.0 Å². The lowest BCUT2D eigenvalue weighted by Gasteiger charge is -2.00. The number of carbonyl (C=O) groups is 1. The van der Waals surface area contributed by atoms with Crippen molar-refractivity contribution in [2.24, 2.45) is 5.16 Å². The monoisotopic (exact) mass is 216 g/mol. The van der Waals surface area contributed by atoms with E-state index in [9.17, 15) is 9.59 Å². The summed E-state index contributed by atoms with van der Waals surface area (Å²) in [6.07, 6.45) is 0. The Balaban J connectivity index is 2.94. The third kappa shape index (κ3) is 2.19. The minimum Gasteiger partial charge on any atom is -0.461 e. The zero-order chi connectivity index (χ0) is 10.6. The summed E-state index contributed by atoms with van der Waals surface area (Å²) in [6, 6.07) is 0. The molecule has 0 aromatic carbocycles. The number of aromatic amines is 1. The van der Waals surface area contributed by atoms with Crippen LogP contribution in [0.15, 0.2) is 15.3 Å². The normalized spacial score (nSPS) is 11.4. The molecule has 0 aliphatic rings. The summed E-state index contributed by atoms with van der Waals surface area (Å²) in [5, 5.41) is 12.7. The lowest BCUT2D eigenvalue weighted by atomic mass is 10.3. The van der Waals surface area contributed by atoms with Gasteiger partial charge in [0.2, 0.25) is 5.71 Å². The second-order valence-corrected chi connectivity index (χ2v) is 3.07. The number of nitrogens with zero attached hydrogens (tertiary/aromatic N) is 1. The zero-order valence-electron chi connectivity index (χ0n) is 7.31. The fourth-order valence-electron chi connectivity index (χ4n) is 0.800. The number of carbonyl (C=O) groups excluding carboxylic acids is 1. The molecule has 0 aliphatic carbocycles. The van der Waals surface area contributed by atoms with Crippen molar-refractivity contribution in [2.45, 2.75) is 6.92 Å². The fraction of sp³-hybridized carbons (Fsp3) is 0.286. The van der Waals surface area contributed by atoms with Gasteiger partial charge in [-0.3, -0.25) is 4.79 Å². The fourth-order valence-corrected chi connectivity index (χ4v) is 1.36. The van der Waals surface area contributed by atoms with Gasteiger partial charge in [-0.25, -0.2) is 4.79 Å². The summed E-state index contributed by atoms with van der Waals surface area (Å²) in [7, 11) is 0. The van der Waals surface area contributed by atoms with Gasteiger partial charge < -0.3 is 14.9 Å². The molecule has 1 heterocycles. The van der Waals surface area contributed by atoms with Crippen LogP contribution in [0, 0.1) is 0 Å². The van der Waals surface area contributed by atoms with E-state index in [1.807, 2.05) is 0 Å². The molecule has 14 heavy (non-hydrogen) atoms. The molecule has 0 saturated heterocycles. The van der Waals surface area contributed by atoms with E-state index in [2.05, 4.69) is 14.9 Å². The van der Waals surface area contributed by atoms with Crippen LogP contribution in [0.5, 0.6) is 0 Å². The number of thiazole rings is 1. The molecule has 6 nitrogen and oxygen atoms in total. The quantitative estimate of drug-likeness (QED) is 0.326. The summed E-state index contributed by atoms with van der Waals surface area (Å²) in [4.78, 5) is 23.9. The first-order valence-electron chi connectivity index (χ1n) is 3.76. The standard InChI is InChI=1S/C7H8N2O4S/c1-2-13-6(10)5(9-12)4-3-14-7(11)8-4/h3,12H,2H2,1H3,(H,8,11). The molecule has 2 N–H and O–H groups in total. The van der Waals surface area contributed by atoms with Crippen LogP contribution < -0.4 is 4.87 Å². The van der Waals surface area contributed by atoms with E-state index in [0.29, 0.717) is 0 Å². The molecular weight excluding hydrogens is 208 g/mol. The maximum absolute atomic E-state index is 11.2. The number of rotatable bonds is 3. The van der Waals surface area contributed by atoms with Crippen molar-refractivity contribution in [2.75, 3.05) is 6.61 Å². The lowest BCUT2D eigenvalue weighted by Crippen LogP contribution is -2.20. The van der Waals surface area contributed by atoms with E-state index in [4.69, 9.17) is 5.21 Å². The molecule has 0 unspecified atom stereocenters. The molecule has 76 valence electrons. The molecule has 0 radical (unpaired) electrons. The minimum absolute atomic E-state index is 0.154. The lowest BCUT2D eigenvalue weighted by molar-refractivity contribution is -0.135. The van der Waals surface area contributed by atoms with E-state index in [0.717, 1.165) is 11.3 Å². The van der Waals surface area contributed by atoms with Crippen molar-refractivity contribution < 1.29 is 14.7 Å². The van der Waals surface area contributed by atoms with Crippen LogP contribution in [0.25, 0.3) is 0 Å². The largest absolute Gasteiger partial charge is 0.461 e. The Morgan fingerprint density at radius 1 is 1.79 bits per heavy atom. The van der Waals surface area contributed by atoms with E-state index < -0.39 is 5.97 Å². The Morgan fingerprint density at radius 2 is 2.50 bits per heavy atom. The highest BCUT2D eigenvalue weighted by molar-refractivity contribution is 7.07. The van der Waals surface area contributed by atoms with Crippen LogP contribution in [0.4, 0.5) is 0 Å². The molecular formula is C7H8N2O4S. The van der Waals surface area contributed by atoms with Gasteiger partial charge in [0.05, 0.1) is 12.3 Å². The molecule has 0 fully saturated rings. The first-order chi connectivity index (χ1) is 6.69. The van der Waals surface area contributed by atoms with Gasteiger partial charge in [0.1, 0.15) is 0 Å². The minimum atomic E-state index is -0.774. The topological polar surface area (TPSA) is 91.8 Å². The molecule has 0 bridgehead atoms. The molecule has 0 spiro atoms. The van der Waals surface area contributed by atoms with Crippen molar-refractivity contribution in [3.63, 3.8) is 0 Å². The Bertz CT molecular complexity index is 406. The van der Waals surface area contributed by atoms with Crippen LogP contribution in [-0.2, 0) is 9.53 Å². The number of hydrogen-bond acceptors (Lipinski definition) is 6. The number of oxime groups is 1. The predicted molar refractivity (Wildman–Crippen MR) is 49.9 cm³/mol. The summed E-state index contributed by atoms with van der Waals surface area (Å²) in [5.41, 5.74) is -0.147. The third-order valence-electron chi connectivity index (χ3n) is 1.34. The Hall–Kier alpha value is -1.63. The van der Waals surface area contributed by atoms with Crippen LogP contribution in [0.3, 0.4) is 0 Å². The second-order valence-electron chi connectivity index (χ2n) is 2.23. The van der Waals surface area contributed by atoms with Gasteiger partial charge >= 0.3 is 10.8 Å². The van der Waals surface area contributed by atoms with Crippen LogP contribution in [-0.4, -0.2) is 28.5 Å². The highest BCUT2D eigenvalue weighted by Gasteiger charge is 2.17. The molecule has 1 aromatic heterocycles. The number of hydrogen-bond donors (Lipinski definition) is 2. The van der Waals surface area contributed by atoms with Crippen molar-refractivity contribution in [1.29, 1.82) is 0 Å². The third-order valence-corrected chi connectivity index (χ3v) is 2.01. The average Bonchev–Trinajstić information content (AvgIpc) is 2.54. The number of nitrogens with one attached hydrogen (secondary N) is 1. The van der Waals surface area contributed by atoms with E-state index in [1.54, 1.807) is 6.92 Å². The maximum Gasteiger partial charge on any atom is 0.362 e. The Kier molecular flexibility index (Phi) is 3.41. The molecule has 0 atom stereocenters. The summed E-state index contributed by atoms with van der Waals surface area (Å²) >= 11 is 0.873. The first kappa shape index (κ1) is 10.5. The zero-order valence-corrected chi connectivity index (χ0v) is 8.13. The SMILES string of the molecule is CCOC(=O)C(=NO)c1csc(=O)[nH]1. The van der Waals surface area contributed by atoms with Gasteiger partial charge in [-0.2, -0.15) is 0 Å². The number of esters is 1. The van der Waals surface area contributed by atoms with Crippen molar-refractivity contribution in [3.8, 4) is 0 Å². The first-order valence-corrected chi connectivity index (χ1v) is 4.64. The van der Waals surface area contributed by atoms with E-state index in [-0.39, 0.29) is 22.9 Å². The number of H-pyrrole nitrogens is 1. The Labute approximate surface area is 82.8 Å². The number of aromatic nitrogens is 1. The number of ether oxygens (including phenoxy) is 1. The summed E-state index contributed by atoms with van der Waals surface area (Å²) in [6.45, 7) is 1.80. The highest BCUT2D eigenvalue weighted by atomic mass is 32.1. The Morgan fingerprint density at radius 3 is 2.93 bits per heavy atom. The molecule has 0 amide bonds. The summed E-state index contributed by atoms with van der Waals surface area (Å²) < 4.78 is 4.61. The van der Waals surface area contributed by atoms with E-state index in [1.165, 1.54) is 5.38 Å². The predicted octanol–water partition coefficient (Wildman–Crippen LogP) is 0.178. The highest BCUT2D eigenvalue weighted by Crippen LogP contribution is 2.00. The van der Waals surface area contributed by atoms with Gasteiger partial charge in [-0.1, -0.05) is 16.5 Å². The van der Waals surface area contributed by atoms with Gasteiger partial charge in [-0.15, -0.1) is 0 Å². The molecule has 7 heteroatoms. The average molecular weight is 216 g/mol. The maximum atomic E-state index is 11.2. The molecule has 1 rings (SSSR count). The van der Waals surface area contributed by atoms with Gasteiger partial charge in [0.25, 0.3) is 0 Å². The molecule has 0 aliphatic heterocycles. The molecule has 1 aromatic rings. The molecule has 0 saturated carbocycles. The van der Waals surface area contributed by atoms with Crippen molar-refractivity contribution in [3.05, 3.63) is 20.7 Å². The second kappa shape index (κ2) is 4.56. The van der Waals surface area contributed by atoms with Crippen LogP contribution in [0.1, 0.15) is 12.6 Å². The van der Waals surface area contributed by atoms with Gasteiger partial charge in [0, 0.05) is 5.38 Å². The van der Waals surface area contributed by atoms with Crippen LogP contribution in [0.2, 0.25) is 0 Å². The van der Waals surface area contributed by atoms with Crippen molar-refractivity contribution in [1.82, 2.24) is 4.98 Å². The van der Waals surface area contributed by atoms with Gasteiger partial charge in [-0.05, 0) is 6.92 Å². The van der Waals surface area contributed by atoms with E-state index >= 15 is 0 Å². The summed E-state index contributed by atoms with van der Waals surface area (Å²) in [5.74, 6) is -0.774. The van der Waals surface area contributed by atoms with Crippen LogP contribution >= 0.6 is 11.3 Å².